The van der Waals surface area contributed by atoms with Crippen molar-refractivity contribution < 1.29 is 14.9 Å². The van der Waals surface area contributed by atoms with Gasteiger partial charge in [-0.1, -0.05) is 18.2 Å². The molecule has 1 spiro atoms. The van der Waals surface area contributed by atoms with Crippen LogP contribution in [0.1, 0.15) is 17.5 Å². The predicted octanol–water partition coefficient (Wildman–Crippen LogP) is 1.20. The average Bonchev–Trinajstić information content (AvgIpc) is 2.83. The minimum atomic E-state index is -0.594. The fraction of sp³-hybridized carbons (Fsp3) is 0.529. The van der Waals surface area contributed by atoms with E-state index >= 15 is 0 Å². The van der Waals surface area contributed by atoms with E-state index in [0.717, 1.165) is 19.4 Å². The molecule has 1 aromatic rings. The molecule has 5 rings (SSSR count). The zero-order valence-corrected chi connectivity index (χ0v) is 12.0. The van der Waals surface area contributed by atoms with E-state index in [2.05, 4.69) is 18.0 Å². The number of nitrogens with zero attached hydrogens (tertiary/aromatic N) is 1. The van der Waals surface area contributed by atoms with Crippen LogP contribution in [0.4, 0.5) is 0 Å². The van der Waals surface area contributed by atoms with Crippen LogP contribution in [0.15, 0.2) is 24.3 Å². The molecule has 1 aromatic carbocycles. The van der Waals surface area contributed by atoms with Crippen LogP contribution in [0.25, 0.3) is 0 Å². The van der Waals surface area contributed by atoms with Gasteiger partial charge in [-0.2, -0.15) is 0 Å². The lowest BCUT2D eigenvalue weighted by Crippen LogP contribution is -2.64. The summed E-state index contributed by atoms with van der Waals surface area (Å²) in [5, 5.41) is 20.6. The molecule has 2 heterocycles. The number of phenols is 1. The Hall–Kier alpha value is -1.52. The SMILES string of the molecule is CN1CC[C@]23c4c5[11cH]cc(O)c4O[C@H]2[C@@H](O)C=C[C@H]3[C@H]1C5. The van der Waals surface area contributed by atoms with Crippen molar-refractivity contribution in [2.45, 2.75) is 36.5 Å². The largest absolute Gasteiger partial charge is 0.504 e. The molecule has 0 amide bonds. The number of rotatable bonds is 0. The highest BCUT2D eigenvalue weighted by atomic mass is 16.5. The summed E-state index contributed by atoms with van der Waals surface area (Å²) in [7, 11) is 2.19. The fourth-order valence-electron chi connectivity index (χ4n) is 5.24. The molecule has 1 fully saturated rings. The Morgan fingerprint density at radius 2 is 2.19 bits per heavy atom. The zero-order chi connectivity index (χ0) is 14.4. The number of hydrogen-bond acceptors (Lipinski definition) is 4. The van der Waals surface area contributed by atoms with Crippen LogP contribution in [-0.2, 0) is 11.8 Å². The summed E-state index contributed by atoms with van der Waals surface area (Å²) in [6.07, 6.45) is 5.18. The highest BCUT2D eigenvalue weighted by Gasteiger charge is 2.64. The Bertz CT molecular complexity index is 670. The first-order valence-corrected chi connectivity index (χ1v) is 7.71. The summed E-state index contributed by atoms with van der Waals surface area (Å²) in [5.41, 5.74) is 2.29. The topological polar surface area (TPSA) is 52.9 Å². The maximum absolute atomic E-state index is 10.4. The van der Waals surface area contributed by atoms with Gasteiger partial charge in [0.05, 0.1) is 0 Å². The van der Waals surface area contributed by atoms with E-state index in [1.54, 1.807) is 6.07 Å². The first kappa shape index (κ1) is 12.1. The molecule has 5 atom stereocenters. The van der Waals surface area contributed by atoms with Crippen molar-refractivity contribution in [3.63, 3.8) is 0 Å². The summed E-state index contributed by atoms with van der Waals surface area (Å²) in [6.45, 7) is 1.01. The standard InChI is InChI=1S/C17H19NO3/c1-18-7-6-17-10-3-5-13(20)16(17)21-15-12(19)4-2-9(14(15)17)8-11(10)18/h2-5,10-11,13,16,19-20H,6-8H2,1H3/t10-,11+,13-,16-,17-/m0/s1/i2-1. The molecular weight excluding hydrogens is 265 g/mol. The summed E-state index contributed by atoms with van der Waals surface area (Å²) in [5.74, 6) is 1.19. The second-order valence-electron chi connectivity index (χ2n) is 6.93. The Morgan fingerprint density at radius 3 is 3.05 bits per heavy atom. The van der Waals surface area contributed by atoms with Crippen LogP contribution in [-0.4, -0.2) is 47.0 Å². The van der Waals surface area contributed by atoms with Gasteiger partial charge < -0.3 is 19.8 Å². The maximum atomic E-state index is 10.4. The predicted molar refractivity (Wildman–Crippen MR) is 77.6 cm³/mol. The lowest BCUT2D eigenvalue weighted by molar-refractivity contribution is -0.0453. The lowest BCUT2D eigenvalue weighted by Gasteiger charge is -2.56. The first-order valence-electron chi connectivity index (χ1n) is 7.71. The number of phenolic OH excluding ortho intramolecular Hbond substituents is 1. The molecule has 2 aliphatic heterocycles. The molecule has 0 aromatic heterocycles. The quantitative estimate of drug-likeness (QED) is 0.703. The normalized spacial score (nSPS) is 42.6. The van der Waals surface area contributed by atoms with E-state index in [4.69, 9.17) is 4.74 Å². The summed E-state index contributed by atoms with van der Waals surface area (Å²) >= 11 is 0. The Kier molecular flexibility index (Phi) is 2.08. The van der Waals surface area contributed by atoms with Gasteiger partial charge >= 0.3 is 0 Å². The minimum Gasteiger partial charge on any atom is -0.504 e. The first-order chi connectivity index (χ1) is 10.1. The Morgan fingerprint density at radius 1 is 1.33 bits per heavy atom. The van der Waals surface area contributed by atoms with E-state index in [0.29, 0.717) is 17.7 Å². The van der Waals surface area contributed by atoms with E-state index in [1.165, 1.54) is 11.1 Å². The van der Waals surface area contributed by atoms with Gasteiger partial charge in [-0.15, -0.1) is 0 Å². The van der Waals surface area contributed by atoms with Crippen molar-refractivity contribution in [2.24, 2.45) is 5.92 Å². The summed E-state index contributed by atoms with van der Waals surface area (Å²) in [4.78, 5) is 2.43. The lowest BCUT2D eigenvalue weighted by atomic mass is 9.52. The Balaban J connectivity index is 1.84. The number of piperidine rings is 1. The van der Waals surface area contributed by atoms with E-state index < -0.39 is 6.10 Å². The van der Waals surface area contributed by atoms with Crippen molar-refractivity contribution in [1.82, 2.24) is 4.90 Å². The molecule has 4 aliphatic rings. The highest BCUT2D eigenvalue weighted by molar-refractivity contribution is 5.61. The van der Waals surface area contributed by atoms with Gasteiger partial charge in [-0.05, 0) is 38.1 Å². The number of hydrogen-bond donors (Lipinski definition) is 2. The highest BCUT2D eigenvalue weighted by Crippen LogP contribution is 2.62. The summed E-state index contributed by atoms with van der Waals surface area (Å²) in [6, 6.07) is 4.23. The van der Waals surface area contributed by atoms with E-state index in [1.807, 2.05) is 12.1 Å². The molecule has 0 unspecified atom stereocenters. The molecule has 110 valence electrons. The van der Waals surface area contributed by atoms with Gasteiger partial charge in [0.25, 0.3) is 0 Å². The van der Waals surface area contributed by atoms with Gasteiger partial charge in [0.2, 0.25) is 0 Å². The maximum Gasteiger partial charge on any atom is 0.165 e. The number of aliphatic hydroxyl groups excluding tert-OH is 1. The van der Waals surface area contributed by atoms with Gasteiger partial charge in [-0.25, -0.2) is 0 Å². The van der Waals surface area contributed by atoms with Crippen LogP contribution >= 0.6 is 0 Å². The molecule has 0 saturated carbocycles. The molecule has 1 saturated heterocycles. The van der Waals surface area contributed by atoms with Crippen molar-refractivity contribution >= 4 is 0 Å². The molecule has 4 nitrogen and oxygen atoms in total. The second-order valence-corrected chi connectivity index (χ2v) is 6.93. The third kappa shape index (κ3) is 1.21. The van der Waals surface area contributed by atoms with Gasteiger partial charge in [0.15, 0.2) is 11.5 Å². The number of aromatic hydroxyl groups is 1. The smallest absolute Gasteiger partial charge is 0.165 e. The molecule has 0 radical (unpaired) electrons. The number of likely N-dealkylation sites (tertiary alicyclic amines) is 1. The van der Waals surface area contributed by atoms with Gasteiger partial charge in [-0.3, -0.25) is 0 Å². The van der Waals surface area contributed by atoms with Crippen molar-refractivity contribution in [2.75, 3.05) is 13.6 Å². The van der Waals surface area contributed by atoms with E-state index in [-0.39, 0.29) is 17.3 Å². The van der Waals surface area contributed by atoms with Crippen LogP contribution in [0, 0.1) is 5.92 Å². The summed E-state index contributed by atoms with van der Waals surface area (Å²) < 4.78 is 6.09. The van der Waals surface area contributed by atoms with E-state index in [9.17, 15) is 10.2 Å². The number of likely N-dealkylation sites (N-methyl/N-ethyl adjacent to an activating group) is 1. The molecule has 2 N–H and O–H groups in total. The monoisotopic (exact) mass is 284 g/mol. The number of ether oxygens (including phenoxy) is 1. The molecule has 21 heavy (non-hydrogen) atoms. The van der Waals surface area contributed by atoms with Crippen molar-refractivity contribution in [1.29, 1.82) is 0 Å². The van der Waals surface area contributed by atoms with Crippen LogP contribution in [0.5, 0.6) is 11.5 Å². The van der Waals surface area contributed by atoms with Gasteiger partial charge in [0.1, 0.15) is 12.2 Å². The van der Waals surface area contributed by atoms with Crippen molar-refractivity contribution in [3.05, 3.63) is 35.4 Å². The van der Waals surface area contributed by atoms with Crippen LogP contribution < -0.4 is 4.74 Å². The third-order valence-corrected chi connectivity index (χ3v) is 6.15. The zero-order valence-electron chi connectivity index (χ0n) is 12.0. The average molecular weight is 284 g/mol. The van der Waals surface area contributed by atoms with Crippen molar-refractivity contribution in [3.8, 4) is 11.5 Å². The fourth-order valence-corrected chi connectivity index (χ4v) is 5.24. The molecule has 4 heteroatoms. The third-order valence-electron chi connectivity index (χ3n) is 6.15. The second kappa shape index (κ2) is 3.62. The number of aliphatic hydroxyl groups is 1. The van der Waals surface area contributed by atoms with Crippen LogP contribution in [0.3, 0.4) is 0 Å². The number of benzene rings is 1. The molecule has 2 aliphatic carbocycles. The minimum absolute atomic E-state index is 0.160. The Labute approximate surface area is 123 Å². The molecular formula is C17H19NO3. The van der Waals surface area contributed by atoms with Gasteiger partial charge in [0, 0.05) is 22.9 Å². The molecule has 2 bridgehead atoms. The van der Waals surface area contributed by atoms with Crippen LogP contribution in [0.2, 0.25) is 0 Å².